The highest BCUT2D eigenvalue weighted by Gasteiger charge is 2.17. The molecule has 2 rings (SSSR count). The predicted octanol–water partition coefficient (Wildman–Crippen LogP) is 3.62. The Morgan fingerprint density at radius 3 is 2.60 bits per heavy atom. The van der Waals surface area contributed by atoms with Crippen LogP contribution in [0.2, 0.25) is 0 Å². The summed E-state index contributed by atoms with van der Waals surface area (Å²) in [5.74, 6) is -2.34. The number of hydrogen-bond donors (Lipinski definition) is 1. The number of nitrogens with zero attached hydrogens (tertiary/aromatic N) is 1. The second-order valence-corrected chi connectivity index (χ2v) is 3.99. The van der Waals surface area contributed by atoms with E-state index in [0.29, 0.717) is 0 Å². The number of hydrogen-bond acceptors (Lipinski definition) is 3. The first-order valence-corrected chi connectivity index (χ1v) is 5.59. The van der Waals surface area contributed by atoms with Gasteiger partial charge in [0.1, 0.15) is 11.6 Å². The Hall–Kier alpha value is -2.57. The Balaban J connectivity index is 2.21. The van der Waals surface area contributed by atoms with Crippen LogP contribution in [-0.2, 0) is 6.54 Å². The number of halogens is 3. The third kappa shape index (κ3) is 2.87. The zero-order valence-corrected chi connectivity index (χ0v) is 10.1. The molecule has 1 N–H and O–H groups in total. The summed E-state index contributed by atoms with van der Waals surface area (Å²) in [5, 5.41) is 13.1. The maximum atomic E-state index is 13.8. The third-order valence-electron chi connectivity index (χ3n) is 2.65. The van der Waals surface area contributed by atoms with Crippen molar-refractivity contribution in [1.29, 1.82) is 0 Å². The van der Waals surface area contributed by atoms with E-state index in [1.54, 1.807) is 0 Å². The van der Waals surface area contributed by atoms with Gasteiger partial charge in [-0.3, -0.25) is 10.1 Å². The van der Waals surface area contributed by atoms with Crippen molar-refractivity contribution < 1.29 is 18.1 Å². The molecule has 0 saturated heterocycles. The SMILES string of the molecule is O=[N+]([O-])c1cccc(CNc2cc(F)ccc2F)c1F. The first kappa shape index (κ1) is 13.9. The van der Waals surface area contributed by atoms with Crippen LogP contribution in [0.25, 0.3) is 0 Å². The monoisotopic (exact) mass is 282 g/mol. The van der Waals surface area contributed by atoms with E-state index in [2.05, 4.69) is 5.32 Å². The predicted molar refractivity (Wildman–Crippen MR) is 66.7 cm³/mol. The molecule has 0 saturated carbocycles. The molecule has 0 fully saturated rings. The van der Waals surface area contributed by atoms with Crippen molar-refractivity contribution in [2.45, 2.75) is 6.54 Å². The molecule has 0 aliphatic rings. The van der Waals surface area contributed by atoms with Crippen LogP contribution in [0.15, 0.2) is 36.4 Å². The van der Waals surface area contributed by atoms with Crippen LogP contribution in [0.1, 0.15) is 5.56 Å². The van der Waals surface area contributed by atoms with Gasteiger partial charge in [0.25, 0.3) is 0 Å². The standard InChI is InChI=1S/C13H9F3N2O2/c14-9-4-5-10(15)11(6-9)17-7-8-2-1-3-12(13(8)16)18(19)20/h1-6,17H,7H2. The molecule has 0 heterocycles. The summed E-state index contributed by atoms with van der Waals surface area (Å²) in [5.41, 5.74) is -0.817. The van der Waals surface area contributed by atoms with Gasteiger partial charge in [0.05, 0.1) is 10.6 Å². The molecule has 0 aliphatic heterocycles. The highest BCUT2D eigenvalue weighted by molar-refractivity contribution is 5.46. The molecule has 0 amide bonds. The molecular weight excluding hydrogens is 273 g/mol. The third-order valence-corrected chi connectivity index (χ3v) is 2.65. The van der Waals surface area contributed by atoms with Crippen molar-refractivity contribution in [2.24, 2.45) is 0 Å². The van der Waals surface area contributed by atoms with E-state index in [4.69, 9.17) is 0 Å². The van der Waals surface area contributed by atoms with Crippen molar-refractivity contribution in [1.82, 2.24) is 0 Å². The lowest BCUT2D eigenvalue weighted by Gasteiger charge is -2.08. The van der Waals surface area contributed by atoms with Gasteiger partial charge in [-0.25, -0.2) is 8.78 Å². The highest BCUT2D eigenvalue weighted by Crippen LogP contribution is 2.22. The van der Waals surface area contributed by atoms with Crippen LogP contribution in [0.3, 0.4) is 0 Å². The van der Waals surface area contributed by atoms with Crippen LogP contribution < -0.4 is 5.32 Å². The molecule has 2 aromatic rings. The van der Waals surface area contributed by atoms with E-state index >= 15 is 0 Å². The molecule has 20 heavy (non-hydrogen) atoms. The lowest BCUT2D eigenvalue weighted by atomic mass is 10.1. The summed E-state index contributed by atoms with van der Waals surface area (Å²) in [4.78, 5) is 9.74. The van der Waals surface area contributed by atoms with Gasteiger partial charge in [0.2, 0.25) is 5.82 Å². The van der Waals surface area contributed by atoms with Gasteiger partial charge in [0.15, 0.2) is 0 Å². The van der Waals surface area contributed by atoms with E-state index in [1.165, 1.54) is 12.1 Å². The minimum atomic E-state index is -0.998. The van der Waals surface area contributed by atoms with Crippen molar-refractivity contribution >= 4 is 11.4 Å². The second kappa shape index (κ2) is 5.60. The number of nitrogens with one attached hydrogen (secondary N) is 1. The Morgan fingerprint density at radius 2 is 1.90 bits per heavy atom. The van der Waals surface area contributed by atoms with Crippen molar-refractivity contribution in [2.75, 3.05) is 5.32 Å². The Morgan fingerprint density at radius 1 is 1.15 bits per heavy atom. The van der Waals surface area contributed by atoms with Gasteiger partial charge in [-0.2, -0.15) is 4.39 Å². The average molecular weight is 282 g/mol. The summed E-state index contributed by atoms with van der Waals surface area (Å²) in [7, 11) is 0. The fourth-order valence-corrected chi connectivity index (χ4v) is 1.67. The van der Waals surface area contributed by atoms with Gasteiger partial charge in [-0.1, -0.05) is 12.1 Å². The second-order valence-electron chi connectivity index (χ2n) is 3.99. The molecular formula is C13H9F3N2O2. The molecule has 4 nitrogen and oxygen atoms in total. The molecule has 0 radical (unpaired) electrons. The van der Waals surface area contributed by atoms with Crippen LogP contribution in [0, 0.1) is 27.6 Å². The zero-order valence-electron chi connectivity index (χ0n) is 10.1. The number of benzene rings is 2. The largest absolute Gasteiger partial charge is 0.378 e. The lowest BCUT2D eigenvalue weighted by molar-refractivity contribution is -0.387. The maximum absolute atomic E-state index is 13.8. The fourth-order valence-electron chi connectivity index (χ4n) is 1.67. The van der Waals surface area contributed by atoms with Crippen molar-refractivity contribution in [3.63, 3.8) is 0 Å². The van der Waals surface area contributed by atoms with Gasteiger partial charge >= 0.3 is 5.69 Å². The normalized spacial score (nSPS) is 10.3. The quantitative estimate of drug-likeness (QED) is 0.688. The van der Waals surface area contributed by atoms with Crippen molar-refractivity contribution in [3.8, 4) is 0 Å². The minimum Gasteiger partial charge on any atom is -0.378 e. The zero-order chi connectivity index (χ0) is 14.7. The van der Waals surface area contributed by atoms with Gasteiger partial charge in [-0.15, -0.1) is 0 Å². The Bertz CT molecular complexity index is 662. The summed E-state index contributed by atoms with van der Waals surface area (Å²) in [6.45, 7) is -0.201. The molecule has 0 unspecified atom stereocenters. The molecule has 0 aliphatic carbocycles. The van der Waals surface area contributed by atoms with E-state index in [-0.39, 0.29) is 17.8 Å². The lowest BCUT2D eigenvalue weighted by Crippen LogP contribution is -2.05. The van der Waals surface area contributed by atoms with E-state index < -0.39 is 28.1 Å². The molecule has 0 aromatic heterocycles. The van der Waals surface area contributed by atoms with Gasteiger partial charge in [0, 0.05) is 18.2 Å². The van der Waals surface area contributed by atoms with E-state index in [0.717, 1.165) is 24.3 Å². The highest BCUT2D eigenvalue weighted by atomic mass is 19.1. The molecule has 2 aromatic carbocycles. The molecule has 0 spiro atoms. The first-order chi connectivity index (χ1) is 9.49. The molecule has 0 atom stereocenters. The van der Waals surface area contributed by atoms with Crippen LogP contribution >= 0.6 is 0 Å². The summed E-state index contributed by atoms with van der Waals surface area (Å²) in [6, 6.07) is 6.48. The minimum absolute atomic E-state index is 0.0112. The number of nitro groups is 1. The molecule has 7 heteroatoms. The molecule has 0 bridgehead atoms. The number of nitro benzene ring substituents is 1. The Labute approximate surface area is 112 Å². The topological polar surface area (TPSA) is 55.2 Å². The first-order valence-electron chi connectivity index (χ1n) is 5.59. The number of rotatable bonds is 4. The van der Waals surface area contributed by atoms with Crippen LogP contribution in [0.5, 0.6) is 0 Å². The van der Waals surface area contributed by atoms with E-state index in [1.807, 2.05) is 0 Å². The van der Waals surface area contributed by atoms with E-state index in [9.17, 15) is 23.3 Å². The van der Waals surface area contributed by atoms with Crippen LogP contribution in [-0.4, -0.2) is 4.92 Å². The van der Waals surface area contributed by atoms with Crippen molar-refractivity contribution in [3.05, 3.63) is 69.5 Å². The maximum Gasteiger partial charge on any atom is 0.305 e. The summed E-state index contributed by atoms with van der Waals surface area (Å²) >= 11 is 0. The fraction of sp³-hybridized carbons (Fsp3) is 0.0769. The average Bonchev–Trinajstić information content (AvgIpc) is 2.41. The van der Waals surface area contributed by atoms with Gasteiger partial charge in [-0.05, 0) is 18.2 Å². The summed E-state index contributed by atoms with van der Waals surface area (Å²) < 4.78 is 40.1. The smallest absolute Gasteiger partial charge is 0.305 e. The molecule has 104 valence electrons. The Kier molecular flexibility index (Phi) is 3.88. The number of anilines is 1. The summed E-state index contributed by atoms with van der Waals surface area (Å²) in [6.07, 6.45) is 0. The van der Waals surface area contributed by atoms with Crippen LogP contribution in [0.4, 0.5) is 24.5 Å². The van der Waals surface area contributed by atoms with Gasteiger partial charge < -0.3 is 5.32 Å².